The minimum Gasteiger partial charge on any atom is -0.693 e. The molecule has 3 rings (SSSR count). The summed E-state index contributed by atoms with van der Waals surface area (Å²) in [7, 11) is 0. The first-order valence-corrected chi connectivity index (χ1v) is 10.9. The third kappa shape index (κ3) is 10.2. The Balaban J connectivity index is 0. The Labute approximate surface area is 238 Å². The number of rotatable bonds is 8. The first-order valence-electron chi connectivity index (χ1n) is 10.9. The number of nitrogens with one attached hydrogen (secondary N) is 1. The summed E-state index contributed by atoms with van der Waals surface area (Å²) in [5, 5.41) is 7.20. The molecule has 1 fully saturated rings. The predicted molar refractivity (Wildman–Crippen MR) is 134 cm³/mol. The van der Waals surface area contributed by atoms with E-state index in [0.717, 1.165) is 12.8 Å². The second kappa shape index (κ2) is 17.0. The average Bonchev–Trinajstić information content (AvgIpc) is 3.33. The molecule has 0 aliphatic heterocycles. The Morgan fingerprint density at radius 1 is 1.31 bits per heavy atom. The van der Waals surface area contributed by atoms with Crippen molar-refractivity contribution in [2.24, 2.45) is 22.6 Å². The topological polar surface area (TPSA) is 142 Å². The molecular weight excluding hydrogens is 786 g/mol. The summed E-state index contributed by atoms with van der Waals surface area (Å²) >= 11 is 0. The van der Waals surface area contributed by atoms with Crippen LogP contribution in [0.2, 0.25) is 0 Å². The molecule has 0 radical (unpaired) electrons. The van der Waals surface area contributed by atoms with E-state index in [2.05, 4.69) is 33.0 Å². The number of hydrogen-bond acceptors (Lipinski definition) is 5. The second-order valence-corrected chi connectivity index (χ2v) is 8.60. The van der Waals surface area contributed by atoms with Gasteiger partial charge in [-0.2, -0.15) is 5.10 Å². The Hall–Kier alpha value is -1.53. The zero-order valence-corrected chi connectivity index (χ0v) is 26.8. The molecule has 1 heterocycles. The quantitative estimate of drug-likeness (QED) is 0.0956. The minimum atomic E-state index is -0.545. The van der Waals surface area contributed by atoms with Crippen molar-refractivity contribution in [1.82, 2.24) is 15.1 Å². The first-order chi connectivity index (χ1) is 14.9. The summed E-state index contributed by atoms with van der Waals surface area (Å²) in [5.74, 6) is 1.75. The van der Waals surface area contributed by atoms with Gasteiger partial charge in [-0.05, 0) is 38.8 Å². The number of amides is 1. The molecule has 1 saturated carbocycles. The summed E-state index contributed by atoms with van der Waals surface area (Å²) in [5.41, 5.74) is 9.93. The standard InChI is InChI=1S/C23H33N6O2.CH3.H2N.2W/c1-4-20(30)27-23(2,3)12-14-25-22(29-15-7-13-26-29)19(16-24)31-28-21-17-8-5-6-9-18(21)11-10-17;;;;/h5-7,12-18,21H,4,8-11,24H2,1-3H3,(H,27,30);1H3;1H2;;/q3*-1;;+2/b14-12+,19-16+,25-22-;;;;. The third-order valence-electron chi connectivity index (χ3n) is 5.76. The Morgan fingerprint density at radius 2 is 1.94 bits per heavy atom. The van der Waals surface area contributed by atoms with Gasteiger partial charge < -0.3 is 34.9 Å². The van der Waals surface area contributed by atoms with E-state index >= 15 is 0 Å². The zero-order chi connectivity index (χ0) is 22.3. The van der Waals surface area contributed by atoms with Crippen LogP contribution in [0.4, 0.5) is 0 Å². The van der Waals surface area contributed by atoms with Gasteiger partial charge in [0.05, 0.1) is 5.54 Å². The number of nitrogens with zero attached hydrogens (tertiary/aromatic N) is 4. The summed E-state index contributed by atoms with van der Waals surface area (Å²) in [4.78, 5) is 22.1. The number of hydrogen-bond donors (Lipinski definition) is 2. The Bertz CT molecular complexity index is 851. The van der Waals surface area contributed by atoms with Crippen molar-refractivity contribution in [3.8, 4) is 0 Å². The summed E-state index contributed by atoms with van der Waals surface area (Å²) in [6.07, 6.45) is 17.6. The maximum Gasteiger partial charge on any atom is 2.00 e. The molecule has 2 aliphatic rings. The number of carbonyl (C=O) groups excluding carboxylic acids is 1. The zero-order valence-electron chi connectivity index (χ0n) is 21.0. The van der Waals surface area contributed by atoms with E-state index in [1.165, 1.54) is 19.0 Å². The van der Waals surface area contributed by atoms with Crippen LogP contribution in [-0.2, 0) is 51.8 Å². The van der Waals surface area contributed by atoms with Gasteiger partial charge in [0.25, 0.3) is 0 Å². The van der Waals surface area contributed by atoms with Crippen molar-refractivity contribution in [2.75, 3.05) is 0 Å². The minimum absolute atomic E-state index is 0. The number of hydroxylamine groups is 1. The van der Waals surface area contributed by atoms with Gasteiger partial charge in [0.2, 0.25) is 5.91 Å². The number of carbonyl (C=O) groups is 1. The molecule has 2 bridgehead atoms. The predicted octanol–water partition coefficient (Wildman–Crippen LogP) is 4.96. The molecule has 0 saturated heterocycles. The van der Waals surface area contributed by atoms with Crippen LogP contribution in [0, 0.1) is 19.3 Å². The fraction of sp³-hybridized carbons (Fsp3) is 0.500. The van der Waals surface area contributed by atoms with Crippen LogP contribution in [-0.4, -0.2) is 33.1 Å². The van der Waals surface area contributed by atoms with E-state index in [0.29, 0.717) is 29.9 Å². The molecule has 1 amide bonds. The van der Waals surface area contributed by atoms with Crippen molar-refractivity contribution in [3.63, 3.8) is 0 Å². The monoisotopic (exact) mass is 824 g/mol. The Morgan fingerprint density at radius 3 is 2.46 bits per heavy atom. The molecule has 1 aromatic rings. The van der Waals surface area contributed by atoms with Gasteiger partial charge in [0, 0.05) is 52.3 Å². The number of allylic oxidation sites excluding steroid dienone is 3. The van der Waals surface area contributed by atoms with Crippen molar-refractivity contribution in [3.05, 3.63) is 73.9 Å². The van der Waals surface area contributed by atoms with Crippen LogP contribution in [0.15, 0.2) is 59.8 Å². The molecule has 11 heteroatoms. The van der Waals surface area contributed by atoms with Gasteiger partial charge in [-0.1, -0.05) is 43.8 Å². The summed E-state index contributed by atoms with van der Waals surface area (Å²) < 4.78 is 1.58. The maximum atomic E-state index is 11.7. The molecule has 2 unspecified atom stereocenters. The van der Waals surface area contributed by atoms with Gasteiger partial charge in [0.15, 0.2) is 11.6 Å². The number of nitrogens with two attached hydrogens (primary N) is 2. The number of aliphatic imine (C=N–C) groups is 1. The molecule has 2 atom stereocenters. The maximum absolute atomic E-state index is 11.7. The van der Waals surface area contributed by atoms with E-state index in [9.17, 15) is 4.79 Å². The molecular formula is C24H38N7O2W2-. The molecule has 194 valence electrons. The van der Waals surface area contributed by atoms with E-state index in [1.807, 2.05) is 26.8 Å². The molecule has 35 heavy (non-hydrogen) atoms. The van der Waals surface area contributed by atoms with Gasteiger partial charge >= 0.3 is 21.1 Å². The number of fused-ring (bicyclic) bond motifs is 2. The summed E-state index contributed by atoms with van der Waals surface area (Å²) in [6.45, 7) is 5.63. The van der Waals surface area contributed by atoms with Crippen molar-refractivity contribution < 1.29 is 51.8 Å². The van der Waals surface area contributed by atoms with Crippen molar-refractivity contribution >= 4 is 11.7 Å². The molecule has 9 nitrogen and oxygen atoms in total. The van der Waals surface area contributed by atoms with E-state index in [-0.39, 0.29) is 67.7 Å². The van der Waals surface area contributed by atoms with Crippen LogP contribution in [0.25, 0.3) is 11.6 Å². The van der Waals surface area contributed by atoms with E-state index in [1.54, 1.807) is 29.3 Å². The second-order valence-electron chi connectivity index (χ2n) is 8.60. The molecule has 1 aromatic heterocycles. The van der Waals surface area contributed by atoms with E-state index < -0.39 is 5.54 Å². The average molecular weight is 824 g/mol. The molecule has 0 aromatic carbocycles. The summed E-state index contributed by atoms with van der Waals surface area (Å²) in [6, 6.07) is 1.95. The van der Waals surface area contributed by atoms with Crippen LogP contribution in [0.1, 0.15) is 52.9 Å². The first kappa shape index (κ1) is 35.6. The van der Waals surface area contributed by atoms with Gasteiger partial charge in [-0.3, -0.25) is 4.79 Å². The van der Waals surface area contributed by atoms with Gasteiger partial charge in [0.1, 0.15) is 0 Å². The SMILES string of the molecule is CCC(=O)NC(C)(C)/C=C/N=C(/C(=C\N)O[N-]C1C2CC=CCC1CC2)n1cccn1.[CH3-].[NH2-].[W+2].[W]. The van der Waals surface area contributed by atoms with Crippen LogP contribution >= 0.6 is 0 Å². The van der Waals surface area contributed by atoms with Crippen molar-refractivity contribution in [2.45, 2.75) is 64.5 Å². The normalized spacial score (nSPS) is 21.6. The largest absolute Gasteiger partial charge is 2.00 e. The van der Waals surface area contributed by atoms with Crippen LogP contribution < -0.4 is 11.1 Å². The fourth-order valence-corrected chi connectivity index (χ4v) is 4.06. The Kier molecular flexibility index (Phi) is 17.3. The molecule has 2 aliphatic carbocycles. The van der Waals surface area contributed by atoms with Crippen LogP contribution in [0.5, 0.6) is 0 Å². The third-order valence-corrected chi connectivity index (χ3v) is 5.76. The fourth-order valence-electron chi connectivity index (χ4n) is 4.06. The van der Waals surface area contributed by atoms with Crippen molar-refractivity contribution in [1.29, 1.82) is 0 Å². The smallest absolute Gasteiger partial charge is 0.693 e. The van der Waals surface area contributed by atoms with Gasteiger partial charge in [-0.15, -0.1) is 6.04 Å². The molecule has 0 spiro atoms. The number of aromatic nitrogens is 2. The van der Waals surface area contributed by atoms with Crippen LogP contribution in [0.3, 0.4) is 0 Å². The van der Waals surface area contributed by atoms with E-state index in [4.69, 9.17) is 10.6 Å². The molecule has 5 N–H and O–H groups in total. The van der Waals surface area contributed by atoms with Gasteiger partial charge in [-0.25, -0.2) is 9.67 Å².